The second kappa shape index (κ2) is 6.37. The molecule has 2 aliphatic heterocycles. The van der Waals surface area contributed by atoms with Gasteiger partial charge in [0.2, 0.25) is 0 Å². The summed E-state index contributed by atoms with van der Waals surface area (Å²) in [6.07, 6.45) is 0.812. The van der Waals surface area contributed by atoms with Crippen molar-refractivity contribution in [1.29, 1.82) is 0 Å². The zero-order valence-corrected chi connectivity index (χ0v) is 15.5. The Kier molecular flexibility index (Phi) is 3.87. The summed E-state index contributed by atoms with van der Waals surface area (Å²) in [5.74, 6) is 1.35. The quantitative estimate of drug-likeness (QED) is 0.607. The van der Waals surface area contributed by atoms with Gasteiger partial charge in [-0.2, -0.15) is 10.1 Å². The van der Waals surface area contributed by atoms with Crippen LogP contribution in [0.15, 0.2) is 70.1 Å². The van der Waals surface area contributed by atoms with Gasteiger partial charge in [0.05, 0.1) is 17.5 Å². The molecule has 1 aromatic heterocycles. The predicted octanol–water partition coefficient (Wildman–Crippen LogP) is 5.32. The molecule has 1 unspecified atom stereocenters. The Morgan fingerprint density at radius 3 is 2.73 bits per heavy atom. The summed E-state index contributed by atoms with van der Waals surface area (Å²) < 4.78 is 0. The third-order valence-corrected chi connectivity index (χ3v) is 6.41. The molecular weight excluding hydrogens is 362 g/mol. The number of aliphatic imine (C=N–C) groups is 1. The van der Waals surface area contributed by atoms with Crippen LogP contribution in [-0.2, 0) is 0 Å². The van der Waals surface area contributed by atoms with Crippen LogP contribution in [0.2, 0.25) is 0 Å². The minimum atomic E-state index is -0.126. The number of rotatable bonds is 2. The Balaban J connectivity index is 1.61. The Hall–Kier alpha value is -2.44. The molecule has 0 spiro atoms. The number of thioether (sulfide) groups is 1. The summed E-state index contributed by atoms with van der Waals surface area (Å²) in [7, 11) is 0. The molecule has 0 bridgehead atoms. The predicted molar refractivity (Wildman–Crippen MR) is 109 cm³/mol. The van der Waals surface area contributed by atoms with Gasteiger partial charge in [-0.25, -0.2) is 5.01 Å². The monoisotopic (exact) mass is 377 g/mol. The minimum absolute atomic E-state index is 0.106. The fourth-order valence-electron chi connectivity index (χ4n) is 3.50. The molecule has 4 nitrogen and oxygen atoms in total. The van der Waals surface area contributed by atoms with Crippen molar-refractivity contribution in [2.75, 3.05) is 5.75 Å². The number of amidine groups is 1. The smallest absolute Gasteiger partial charge is 0.259 e. The number of benzene rings is 2. The molecule has 0 radical (unpaired) electrons. The number of thiophene rings is 1. The molecule has 5 rings (SSSR count). The van der Waals surface area contributed by atoms with Crippen molar-refractivity contribution in [2.45, 2.75) is 12.5 Å². The van der Waals surface area contributed by atoms with E-state index in [1.807, 2.05) is 5.01 Å². The van der Waals surface area contributed by atoms with E-state index in [9.17, 15) is 4.79 Å². The summed E-state index contributed by atoms with van der Waals surface area (Å²) in [6.45, 7) is 0. The Morgan fingerprint density at radius 2 is 1.92 bits per heavy atom. The molecule has 0 saturated heterocycles. The van der Waals surface area contributed by atoms with Gasteiger partial charge in [0.25, 0.3) is 0 Å². The van der Waals surface area contributed by atoms with Gasteiger partial charge in [-0.05, 0) is 22.2 Å². The highest BCUT2D eigenvalue weighted by Crippen LogP contribution is 2.38. The van der Waals surface area contributed by atoms with Gasteiger partial charge >= 0.3 is 5.24 Å². The van der Waals surface area contributed by atoms with Crippen LogP contribution in [0, 0.1) is 0 Å². The molecule has 0 N–H and O–H groups in total. The molecule has 3 aromatic rings. The van der Waals surface area contributed by atoms with Crippen LogP contribution in [0.1, 0.15) is 22.9 Å². The molecule has 128 valence electrons. The average Bonchev–Trinajstić information content (AvgIpc) is 3.41. The second-order valence-corrected chi connectivity index (χ2v) is 8.14. The maximum absolute atomic E-state index is 11.6. The third-order valence-electron chi connectivity index (χ3n) is 4.69. The molecule has 6 heteroatoms. The van der Waals surface area contributed by atoms with E-state index in [2.05, 4.69) is 65.0 Å². The fourth-order valence-corrected chi connectivity index (χ4v) is 4.94. The highest BCUT2D eigenvalue weighted by Gasteiger charge is 2.35. The SMILES string of the molecule is O=C1N=C(N2N=C(c3cccc4ccccc34)CC2c2cccs2)CS1. The largest absolute Gasteiger partial charge is 0.307 e. The van der Waals surface area contributed by atoms with E-state index in [1.54, 1.807) is 11.3 Å². The Labute approximate surface area is 159 Å². The molecule has 1 amide bonds. The molecule has 1 atom stereocenters. The van der Waals surface area contributed by atoms with Gasteiger partial charge in [-0.15, -0.1) is 11.3 Å². The number of carbonyl (C=O) groups is 1. The van der Waals surface area contributed by atoms with E-state index in [-0.39, 0.29) is 11.3 Å². The highest BCUT2D eigenvalue weighted by molar-refractivity contribution is 8.14. The van der Waals surface area contributed by atoms with Crippen molar-refractivity contribution in [3.8, 4) is 0 Å². The standard InChI is InChI=1S/C20H15N3OS2/c24-20-21-19(12-26-20)23-17(18-9-4-10-25-18)11-16(22-23)15-8-3-6-13-5-1-2-7-14(13)15/h1-10,17H,11-12H2. The first-order valence-electron chi connectivity index (χ1n) is 8.42. The van der Waals surface area contributed by atoms with E-state index in [1.165, 1.54) is 27.4 Å². The number of amides is 1. The van der Waals surface area contributed by atoms with Gasteiger partial charge in [-0.3, -0.25) is 4.79 Å². The number of hydrazone groups is 1. The number of fused-ring (bicyclic) bond motifs is 1. The van der Waals surface area contributed by atoms with Crippen LogP contribution in [0.25, 0.3) is 10.8 Å². The first-order valence-corrected chi connectivity index (χ1v) is 10.3. The average molecular weight is 377 g/mol. The minimum Gasteiger partial charge on any atom is -0.259 e. The van der Waals surface area contributed by atoms with Crippen molar-refractivity contribution in [3.63, 3.8) is 0 Å². The van der Waals surface area contributed by atoms with Crippen molar-refractivity contribution >= 4 is 50.7 Å². The molecule has 3 heterocycles. The van der Waals surface area contributed by atoms with E-state index >= 15 is 0 Å². The maximum Gasteiger partial charge on any atom is 0.307 e. The number of hydrogen-bond acceptors (Lipinski definition) is 5. The van der Waals surface area contributed by atoms with Crippen molar-refractivity contribution < 1.29 is 4.79 Å². The van der Waals surface area contributed by atoms with Crippen LogP contribution in [-0.4, -0.2) is 27.5 Å². The van der Waals surface area contributed by atoms with Gasteiger partial charge < -0.3 is 0 Å². The van der Waals surface area contributed by atoms with Gasteiger partial charge in [0, 0.05) is 16.9 Å². The summed E-state index contributed by atoms with van der Waals surface area (Å²) in [4.78, 5) is 17.1. The molecule has 2 aliphatic rings. The second-order valence-electron chi connectivity index (χ2n) is 6.24. The van der Waals surface area contributed by atoms with Crippen molar-refractivity contribution in [2.24, 2.45) is 10.1 Å². The van der Waals surface area contributed by atoms with Crippen LogP contribution in [0.4, 0.5) is 4.79 Å². The summed E-state index contributed by atoms with van der Waals surface area (Å²) in [6, 6.07) is 19.0. The molecule has 0 fully saturated rings. The fraction of sp³-hybridized carbons (Fsp3) is 0.150. The zero-order valence-electron chi connectivity index (χ0n) is 13.8. The molecule has 26 heavy (non-hydrogen) atoms. The summed E-state index contributed by atoms with van der Waals surface area (Å²) >= 11 is 2.96. The lowest BCUT2D eigenvalue weighted by Gasteiger charge is -2.21. The van der Waals surface area contributed by atoms with Crippen LogP contribution >= 0.6 is 23.1 Å². The highest BCUT2D eigenvalue weighted by atomic mass is 32.2. The number of carbonyl (C=O) groups excluding carboxylic acids is 1. The molecule has 0 saturated carbocycles. The Morgan fingerprint density at radius 1 is 1.04 bits per heavy atom. The van der Waals surface area contributed by atoms with E-state index in [4.69, 9.17) is 5.10 Å². The van der Waals surface area contributed by atoms with Crippen LogP contribution < -0.4 is 0 Å². The topological polar surface area (TPSA) is 45.0 Å². The van der Waals surface area contributed by atoms with Crippen molar-refractivity contribution in [1.82, 2.24) is 5.01 Å². The van der Waals surface area contributed by atoms with E-state index in [0.717, 1.165) is 23.5 Å². The van der Waals surface area contributed by atoms with E-state index in [0.29, 0.717) is 5.75 Å². The molecule has 0 aliphatic carbocycles. The van der Waals surface area contributed by atoms with Crippen LogP contribution in [0.5, 0.6) is 0 Å². The first-order chi connectivity index (χ1) is 12.8. The zero-order chi connectivity index (χ0) is 17.5. The maximum atomic E-state index is 11.6. The molecule has 2 aromatic carbocycles. The third kappa shape index (κ3) is 2.66. The number of hydrogen-bond donors (Lipinski definition) is 0. The first kappa shape index (κ1) is 15.8. The normalized spacial score (nSPS) is 19.9. The van der Waals surface area contributed by atoms with Gasteiger partial charge in [-0.1, -0.05) is 60.3 Å². The Bertz CT molecular complexity index is 1050. The summed E-state index contributed by atoms with van der Waals surface area (Å²) in [5, 5.41) is 11.3. The lowest BCUT2D eigenvalue weighted by Crippen LogP contribution is -2.26. The lowest BCUT2D eigenvalue weighted by molar-refractivity contribution is 0.267. The van der Waals surface area contributed by atoms with Gasteiger partial charge in [0.15, 0.2) is 0 Å². The molecular formula is C20H15N3OS2. The van der Waals surface area contributed by atoms with E-state index < -0.39 is 0 Å². The number of nitrogens with zero attached hydrogens (tertiary/aromatic N) is 3. The summed E-state index contributed by atoms with van der Waals surface area (Å²) in [5.41, 5.74) is 2.21. The van der Waals surface area contributed by atoms with Crippen molar-refractivity contribution in [3.05, 3.63) is 70.4 Å². The lowest BCUT2D eigenvalue weighted by atomic mass is 9.97. The van der Waals surface area contributed by atoms with Crippen LogP contribution in [0.3, 0.4) is 0 Å². The van der Waals surface area contributed by atoms with Gasteiger partial charge in [0.1, 0.15) is 5.84 Å².